The van der Waals surface area contributed by atoms with E-state index >= 15 is 0 Å². The largest absolute Gasteiger partial charge is 0.0855 e. The molecule has 0 unspecified atom stereocenters. The Morgan fingerprint density at radius 1 is 1.38 bits per heavy atom. The molecule has 70 valence electrons. The summed E-state index contributed by atoms with van der Waals surface area (Å²) in [5, 5.41) is 0. The van der Waals surface area contributed by atoms with Gasteiger partial charge in [-0.15, -0.1) is 0 Å². The molecule has 0 bridgehead atoms. The van der Waals surface area contributed by atoms with Gasteiger partial charge in [-0.05, 0) is 32.3 Å². The van der Waals surface area contributed by atoms with Crippen molar-refractivity contribution in [1.82, 2.24) is 0 Å². The van der Waals surface area contributed by atoms with Crippen molar-refractivity contribution in [2.45, 2.75) is 33.6 Å². The third-order valence-corrected chi connectivity index (χ3v) is 2.12. The van der Waals surface area contributed by atoms with Crippen LogP contribution in [0.4, 0.5) is 0 Å². The average molecular weight is 174 g/mol. The molecule has 0 saturated carbocycles. The molecule has 13 heavy (non-hydrogen) atoms. The van der Waals surface area contributed by atoms with E-state index in [1.165, 1.54) is 16.7 Å². The third-order valence-electron chi connectivity index (χ3n) is 2.12. The van der Waals surface area contributed by atoms with Crippen molar-refractivity contribution in [2.75, 3.05) is 0 Å². The first-order chi connectivity index (χ1) is 6.22. The number of hydrogen-bond donors (Lipinski definition) is 0. The molecular formula is C13H18. The molecule has 1 rings (SSSR count). The Bertz CT molecular complexity index is 295. The fourth-order valence-corrected chi connectivity index (χ4v) is 1.56. The van der Waals surface area contributed by atoms with Crippen molar-refractivity contribution in [3.63, 3.8) is 0 Å². The molecule has 0 aliphatic carbocycles. The summed E-state index contributed by atoms with van der Waals surface area (Å²) in [4.78, 5) is 0. The number of hydrogen-bond acceptors (Lipinski definition) is 0. The normalized spacial score (nSPS) is 11.8. The smallest absolute Gasteiger partial charge is 0.00698 e. The topological polar surface area (TPSA) is 0 Å². The molecule has 1 aromatic rings. The zero-order chi connectivity index (χ0) is 9.68. The van der Waals surface area contributed by atoms with Gasteiger partial charge in [-0.2, -0.15) is 0 Å². The summed E-state index contributed by atoms with van der Waals surface area (Å²) in [6.07, 6.45) is 4.52. The molecule has 0 N–H and O–H groups in total. The molecule has 0 nitrogen and oxygen atoms in total. The van der Waals surface area contributed by atoms with Crippen molar-refractivity contribution >= 4 is 0 Å². The highest BCUT2D eigenvalue weighted by Gasteiger charge is 1.93. The van der Waals surface area contributed by atoms with Crippen molar-refractivity contribution in [1.29, 1.82) is 0 Å². The second-order valence-electron chi connectivity index (χ2n) is 3.62. The number of allylic oxidation sites excluding steroid dienone is 2. The predicted molar refractivity (Wildman–Crippen MR) is 58.9 cm³/mol. The first-order valence-electron chi connectivity index (χ1n) is 4.93. The Morgan fingerprint density at radius 3 is 2.77 bits per heavy atom. The van der Waals surface area contributed by atoms with Crippen LogP contribution in [0, 0.1) is 6.92 Å². The third kappa shape index (κ3) is 3.45. The maximum Gasteiger partial charge on any atom is -0.00698 e. The lowest BCUT2D eigenvalue weighted by atomic mass is 10.0. The standard InChI is InChI=1S/C13H18/c1-4-6-11(2)9-13-8-5-7-12(3)10-13/h5-8,10H,4,9H2,1-3H3/b11-6+. The summed E-state index contributed by atoms with van der Waals surface area (Å²) in [6, 6.07) is 8.72. The predicted octanol–water partition coefficient (Wildman–Crippen LogP) is 3.89. The van der Waals surface area contributed by atoms with Crippen LogP contribution in [0.2, 0.25) is 0 Å². The molecule has 0 aliphatic heterocycles. The molecule has 0 spiro atoms. The maximum atomic E-state index is 2.29. The summed E-state index contributed by atoms with van der Waals surface area (Å²) in [7, 11) is 0. The fraction of sp³-hybridized carbons (Fsp3) is 0.385. The van der Waals surface area contributed by atoms with Crippen molar-refractivity contribution in [2.24, 2.45) is 0 Å². The molecule has 0 radical (unpaired) electrons. The highest BCUT2D eigenvalue weighted by Crippen LogP contribution is 2.10. The minimum Gasteiger partial charge on any atom is -0.0855 e. The molecule has 0 aliphatic rings. The zero-order valence-electron chi connectivity index (χ0n) is 8.80. The lowest BCUT2D eigenvalue weighted by Crippen LogP contribution is -1.87. The summed E-state index contributed by atoms with van der Waals surface area (Å²) < 4.78 is 0. The summed E-state index contributed by atoms with van der Waals surface area (Å²) in [6.45, 7) is 6.52. The maximum absolute atomic E-state index is 2.29. The SMILES string of the molecule is CC/C=C(\C)Cc1cccc(C)c1. The molecule has 0 heteroatoms. The highest BCUT2D eigenvalue weighted by molar-refractivity contribution is 5.25. The van der Waals surface area contributed by atoms with Gasteiger partial charge in [-0.3, -0.25) is 0 Å². The van der Waals surface area contributed by atoms with Gasteiger partial charge in [0.25, 0.3) is 0 Å². The van der Waals surface area contributed by atoms with Crippen LogP contribution >= 0.6 is 0 Å². The van der Waals surface area contributed by atoms with Crippen LogP contribution in [0.1, 0.15) is 31.4 Å². The van der Waals surface area contributed by atoms with Gasteiger partial charge >= 0.3 is 0 Å². The molecule has 0 aromatic heterocycles. The number of benzene rings is 1. The Balaban J connectivity index is 2.69. The molecule has 0 saturated heterocycles. The second kappa shape index (κ2) is 4.86. The molecule has 0 heterocycles. The van der Waals surface area contributed by atoms with Gasteiger partial charge in [-0.1, -0.05) is 48.4 Å². The van der Waals surface area contributed by atoms with Gasteiger partial charge < -0.3 is 0 Å². The molecular weight excluding hydrogens is 156 g/mol. The summed E-state index contributed by atoms with van der Waals surface area (Å²) >= 11 is 0. The van der Waals surface area contributed by atoms with E-state index in [4.69, 9.17) is 0 Å². The van der Waals surface area contributed by atoms with E-state index in [0.717, 1.165) is 12.8 Å². The minimum atomic E-state index is 1.09. The van der Waals surface area contributed by atoms with Crippen LogP contribution in [0.25, 0.3) is 0 Å². The minimum absolute atomic E-state index is 1.09. The van der Waals surface area contributed by atoms with Crippen molar-refractivity contribution in [3.8, 4) is 0 Å². The Labute approximate surface area is 81.3 Å². The second-order valence-corrected chi connectivity index (χ2v) is 3.62. The van der Waals surface area contributed by atoms with Gasteiger partial charge in [0.1, 0.15) is 0 Å². The van der Waals surface area contributed by atoms with Crippen LogP contribution in [-0.2, 0) is 6.42 Å². The Hall–Kier alpha value is -1.04. The van der Waals surface area contributed by atoms with E-state index in [2.05, 4.69) is 51.1 Å². The van der Waals surface area contributed by atoms with Crippen LogP contribution in [0.15, 0.2) is 35.9 Å². The fourth-order valence-electron chi connectivity index (χ4n) is 1.56. The molecule has 1 aromatic carbocycles. The lowest BCUT2D eigenvalue weighted by Gasteiger charge is -2.02. The van der Waals surface area contributed by atoms with Crippen molar-refractivity contribution < 1.29 is 0 Å². The van der Waals surface area contributed by atoms with Gasteiger partial charge in [0.05, 0.1) is 0 Å². The van der Waals surface area contributed by atoms with E-state index in [1.54, 1.807) is 0 Å². The van der Waals surface area contributed by atoms with E-state index in [1.807, 2.05) is 0 Å². The van der Waals surface area contributed by atoms with Gasteiger partial charge in [0.15, 0.2) is 0 Å². The Kier molecular flexibility index (Phi) is 3.75. The highest BCUT2D eigenvalue weighted by atomic mass is 14.0. The van der Waals surface area contributed by atoms with Crippen LogP contribution < -0.4 is 0 Å². The van der Waals surface area contributed by atoms with E-state index in [0.29, 0.717) is 0 Å². The summed E-state index contributed by atoms with van der Waals surface area (Å²) in [5.74, 6) is 0. The lowest BCUT2D eigenvalue weighted by molar-refractivity contribution is 1.08. The zero-order valence-corrected chi connectivity index (χ0v) is 8.80. The first kappa shape index (κ1) is 10.0. The van der Waals surface area contributed by atoms with Gasteiger partial charge in [-0.25, -0.2) is 0 Å². The number of aryl methyl sites for hydroxylation is 1. The monoisotopic (exact) mass is 174 g/mol. The van der Waals surface area contributed by atoms with Gasteiger partial charge in [0.2, 0.25) is 0 Å². The van der Waals surface area contributed by atoms with Crippen LogP contribution in [0.3, 0.4) is 0 Å². The van der Waals surface area contributed by atoms with Crippen LogP contribution in [-0.4, -0.2) is 0 Å². The number of rotatable bonds is 3. The summed E-state index contributed by atoms with van der Waals surface area (Å²) in [5.41, 5.74) is 4.23. The quantitative estimate of drug-likeness (QED) is 0.610. The van der Waals surface area contributed by atoms with E-state index in [9.17, 15) is 0 Å². The molecule has 0 fully saturated rings. The van der Waals surface area contributed by atoms with Gasteiger partial charge in [0, 0.05) is 0 Å². The molecule has 0 atom stereocenters. The average Bonchev–Trinajstić information content (AvgIpc) is 2.04. The van der Waals surface area contributed by atoms with Crippen LogP contribution in [0.5, 0.6) is 0 Å². The van der Waals surface area contributed by atoms with E-state index < -0.39 is 0 Å². The Morgan fingerprint density at radius 2 is 2.15 bits per heavy atom. The molecule has 0 amide bonds. The van der Waals surface area contributed by atoms with E-state index in [-0.39, 0.29) is 0 Å². The van der Waals surface area contributed by atoms with Crippen molar-refractivity contribution in [3.05, 3.63) is 47.0 Å². The first-order valence-corrected chi connectivity index (χ1v) is 4.93.